The Bertz CT molecular complexity index is 937. The molecule has 0 radical (unpaired) electrons. The number of nitrogens with zero attached hydrogens (tertiary/aromatic N) is 1. The van der Waals surface area contributed by atoms with Crippen molar-refractivity contribution < 1.29 is 22.7 Å². The first-order valence-electron chi connectivity index (χ1n) is 8.73. The first-order chi connectivity index (χ1) is 12.9. The number of rotatable bonds is 6. The third kappa shape index (κ3) is 3.70. The Balaban J connectivity index is 1.99. The average molecular weight is 389 g/mol. The maximum Gasteiger partial charge on any atom is 0.243 e. The molecule has 0 saturated carbocycles. The summed E-state index contributed by atoms with van der Waals surface area (Å²) in [4.78, 5) is 11.6. The first kappa shape index (κ1) is 19.4. The second-order valence-corrected chi connectivity index (χ2v) is 8.35. The predicted molar refractivity (Wildman–Crippen MR) is 102 cm³/mol. The number of benzene rings is 2. The zero-order valence-electron chi connectivity index (χ0n) is 15.6. The summed E-state index contributed by atoms with van der Waals surface area (Å²) in [5, 5.41) is 0. The Kier molecular flexibility index (Phi) is 5.53. The summed E-state index contributed by atoms with van der Waals surface area (Å²) < 4.78 is 38.7. The van der Waals surface area contributed by atoms with Crippen LogP contribution in [0.1, 0.15) is 41.7 Å². The van der Waals surface area contributed by atoms with Crippen molar-refractivity contribution in [3.8, 4) is 11.5 Å². The molecule has 1 atom stereocenters. The Hall–Kier alpha value is -2.38. The van der Waals surface area contributed by atoms with Gasteiger partial charge in [0, 0.05) is 17.7 Å². The maximum absolute atomic E-state index is 13.2. The molecule has 0 unspecified atom stereocenters. The van der Waals surface area contributed by atoms with Gasteiger partial charge in [-0.1, -0.05) is 12.1 Å². The normalized spacial score (nSPS) is 17.7. The van der Waals surface area contributed by atoms with Crippen LogP contribution >= 0.6 is 0 Å². The molecule has 2 aromatic carbocycles. The zero-order valence-corrected chi connectivity index (χ0v) is 16.5. The van der Waals surface area contributed by atoms with E-state index in [1.54, 1.807) is 38.5 Å². The molecular weight excluding hydrogens is 366 g/mol. The topological polar surface area (TPSA) is 72.9 Å². The molecule has 3 rings (SSSR count). The second kappa shape index (κ2) is 7.70. The van der Waals surface area contributed by atoms with Crippen molar-refractivity contribution in [3.63, 3.8) is 0 Å². The highest BCUT2D eigenvalue weighted by Crippen LogP contribution is 2.41. The van der Waals surface area contributed by atoms with Gasteiger partial charge in [-0.25, -0.2) is 8.42 Å². The van der Waals surface area contributed by atoms with Crippen LogP contribution in [-0.4, -0.2) is 39.3 Å². The fraction of sp³-hybridized carbons (Fsp3) is 0.350. The van der Waals surface area contributed by atoms with Gasteiger partial charge in [-0.3, -0.25) is 4.79 Å². The van der Waals surface area contributed by atoms with Crippen LogP contribution in [-0.2, 0) is 10.0 Å². The van der Waals surface area contributed by atoms with Crippen molar-refractivity contribution in [2.75, 3.05) is 20.8 Å². The molecule has 0 aliphatic carbocycles. The lowest BCUT2D eigenvalue weighted by Gasteiger charge is -2.26. The predicted octanol–water partition coefficient (Wildman–Crippen LogP) is 3.43. The van der Waals surface area contributed by atoms with E-state index in [0.29, 0.717) is 30.0 Å². The lowest BCUT2D eigenvalue weighted by atomic mass is 10.0. The van der Waals surface area contributed by atoms with Crippen LogP contribution in [0.2, 0.25) is 0 Å². The molecule has 0 amide bonds. The first-order valence-corrected chi connectivity index (χ1v) is 10.2. The Morgan fingerprint density at radius 2 is 1.78 bits per heavy atom. The molecule has 144 valence electrons. The minimum absolute atomic E-state index is 0.0980. The summed E-state index contributed by atoms with van der Waals surface area (Å²) >= 11 is 0. The fourth-order valence-electron chi connectivity index (χ4n) is 3.44. The number of Topliss-reactive ketones (excluding diaryl/α,β-unsaturated/α-hetero) is 1. The third-order valence-corrected chi connectivity index (χ3v) is 6.79. The summed E-state index contributed by atoms with van der Waals surface area (Å²) in [5.41, 5.74) is 1.28. The van der Waals surface area contributed by atoms with Gasteiger partial charge in [0.1, 0.15) is 11.5 Å². The minimum Gasteiger partial charge on any atom is -0.497 e. The number of ether oxygens (including phenoxy) is 2. The Morgan fingerprint density at radius 3 is 2.37 bits per heavy atom. The van der Waals surface area contributed by atoms with E-state index in [1.165, 1.54) is 23.4 Å². The molecule has 7 heteroatoms. The SMILES string of the molecule is COc1ccc(OC)c([C@@H]2CCCN2S(=O)(=O)c2ccc(C(C)=O)cc2)c1. The number of sulfonamides is 1. The summed E-state index contributed by atoms with van der Waals surface area (Å²) in [7, 11) is -0.554. The van der Waals surface area contributed by atoms with Gasteiger partial charge in [0.2, 0.25) is 10.0 Å². The minimum atomic E-state index is -3.70. The molecule has 1 saturated heterocycles. The van der Waals surface area contributed by atoms with Gasteiger partial charge in [0.15, 0.2) is 5.78 Å². The van der Waals surface area contributed by atoms with Gasteiger partial charge >= 0.3 is 0 Å². The van der Waals surface area contributed by atoms with Crippen LogP contribution in [0.15, 0.2) is 47.4 Å². The smallest absolute Gasteiger partial charge is 0.243 e. The van der Waals surface area contributed by atoms with Gasteiger partial charge in [-0.15, -0.1) is 0 Å². The molecular formula is C20H23NO5S. The molecule has 27 heavy (non-hydrogen) atoms. The summed E-state index contributed by atoms with van der Waals surface area (Å²) in [6, 6.07) is 11.2. The lowest BCUT2D eigenvalue weighted by Crippen LogP contribution is -2.31. The van der Waals surface area contributed by atoms with Gasteiger partial charge in [0.05, 0.1) is 25.2 Å². The van der Waals surface area contributed by atoms with Crippen molar-refractivity contribution in [2.45, 2.75) is 30.7 Å². The Morgan fingerprint density at radius 1 is 1.07 bits per heavy atom. The molecule has 6 nitrogen and oxygen atoms in total. The quantitative estimate of drug-likeness (QED) is 0.708. The average Bonchev–Trinajstić information content (AvgIpc) is 3.18. The standard InChI is InChI=1S/C20H23NO5S/c1-14(22)15-6-9-17(10-7-15)27(23,24)21-12-4-5-19(21)18-13-16(25-2)8-11-20(18)26-3/h6-11,13,19H,4-5,12H2,1-3H3/t19-/m0/s1. The molecule has 2 aromatic rings. The Labute approximate surface area is 159 Å². The van der Waals surface area contributed by atoms with Gasteiger partial charge in [-0.2, -0.15) is 4.31 Å². The molecule has 1 aliphatic heterocycles. The third-order valence-electron chi connectivity index (χ3n) is 4.87. The van der Waals surface area contributed by atoms with Crippen LogP contribution in [0.25, 0.3) is 0 Å². The van der Waals surface area contributed by atoms with Crippen molar-refractivity contribution in [1.29, 1.82) is 0 Å². The van der Waals surface area contributed by atoms with E-state index in [0.717, 1.165) is 12.0 Å². The number of hydrogen-bond donors (Lipinski definition) is 0. The van der Waals surface area contributed by atoms with Crippen molar-refractivity contribution in [2.24, 2.45) is 0 Å². The molecule has 1 fully saturated rings. The molecule has 0 aromatic heterocycles. The van der Waals surface area contributed by atoms with Crippen molar-refractivity contribution in [3.05, 3.63) is 53.6 Å². The van der Waals surface area contributed by atoms with E-state index in [2.05, 4.69) is 0 Å². The van der Waals surface area contributed by atoms with Crippen LogP contribution in [0, 0.1) is 0 Å². The zero-order chi connectivity index (χ0) is 19.6. The molecule has 1 heterocycles. The van der Waals surface area contributed by atoms with Crippen molar-refractivity contribution >= 4 is 15.8 Å². The number of ketones is 1. The van der Waals surface area contributed by atoms with E-state index in [9.17, 15) is 13.2 Å². The maximum atomic E-state index is 13.2. The number of hydrogen-bond acceptors (Lipinski definition) is 5. The molecule has 0 spiro atoms. The fourth-order valence-corrected chi connectivity index (χ4v) is 5.11. The van der Waals surface area contributed by atoms with E-state index < -0.39 is 10.0 Å². The van der Waals surface area contributed by atoms with Crippen LogP contribution in [0.3, 0.4) is 0 Å². The number of methoxy groups -OCH3 is 2. The summed E-state index contributed by atoms with van der Waals surface area (Å²) in [6.07, 6.45) is 1.46. The van der Waals surface area contributed by atoms with E-state index >= 15 is 0 Å². The van der Waals surface area contributed by atoms with Gasteiger partial charge < -0.3 is 9.47 Å². The molecule has 0 bridgehead atoms. The molecule has 1 aliphatic rings. The summed E-state index contributed by atoms with van der Waals surface area (Å²) in [5.74, 6) is 1.19. The highest BCUT2D eigenvalue weighted by molar-refractivity contribution is 7.89. The monoisotopic (exact) mass is 389 g/mol. The lowest BCUT2D eigenvalue weighted by molar-refractivity contribution is 0.101. The largest absolute Gasteiger partial charge is 0.497 e. The van der Waals surface area contributed by atoms with E-state index in [1.807, 2.05) is 6.07 Å². The number of carbonyl (C=O) groups is 1. The highest BCUT2D eigenvalue weighted by Gasteiger charge is 2.37. The van der Waals surface area contributed by atoms with Crippen molar-refractivity contribution in [1.82, 2.24) is 4.31 Å². The van der Waals surface area contributed by atoms with Gasteiger partial charge in [-0.05, 0) is 50.1 Å². The highest BCUT2D eigenvalue weighted by atomic mass is 32.2. The van der Waals surface area contributed by atoms with Crippen LogP contribution in [0.5, 0.6) is 11.5 Å². The summed E-state index contributed by atoms with van der Waals surface area (Å²) in [6.45, 7) is 1.89. The van der Waals surface area contributed by atoms with Gasteiger partial charge in [0.25, 0.3) is 0 Å². The van der Waals surface area contributed by atoms with E-state index in [-0.39, 0.29) is 16.7 Å². The van der Waals surface area contributed by atoms with Crippen LogP contribution in [0.4, 0.5) is 0 Å². The molecule has 0 N–H and O–H groups in total. The number of carbonyl (C=O) groups excluding carboxylic acids is 1. The van der Waals surface area contributed by atoms with Crippen LogP contribution < -0.4 is 9.47 Å². The second-order valence-electron chi connectivity index (χ2n) is 6.46. The van der Waals surface area contributed by atoms with E-state index in [4.69, 9.17) is 9.47 Å².